The maximum Gasteiger partial charge on any atom is 0.435 e. The third kappa shape index (κ3) is 3.93. The number of hydrogen-bond donors (Lipinski definition) is 1. The van der Waals surface area contributed by atoms with Gasteiger partial charge in [-0.2, -0.15) is 18.3 Å². The first-order valence-electron chi connectivity index (χ1n) is 8.57. The summed E-state index contributed by atoms with van der Waals surface area (Å²) < 4.78 is 64.6. The number of alkyl halides is 3. The van der Waals surface area contributed by atoms with E-state index in [0.29, 0.717) is 12.4 Å². The van der Waals surface area contributed by atoms with Gasteiger partial charge in [-0.15, -0.1) is 0 Å². The van der Waals surface area contributed by atoms with Crippen molar-refractivity contribution in [3.8, 4) is 11.4 Å². The molecule has 1 N–H and O–H groups in total. The highest BCUT2D eigenvalue weighted by molar-refractivity contribution is 7.91. The number of nitrogens with zero attached hydrogens (tertiary/aromatic N) is 4. The average Bonchev–Trinajstić information content (AvgIpc) is 3.10. The first kappa shape index (κ1) is 20.1. The van der Waals surface area contributed by atoms with E-state index in [1.165, 1.54) is 25.3 Å². The average molecular weight is 413 g/mol. The largest absolute Gasteiger partial charge is 0.435 e. The Morgan fingerprint density at radius 2 is 1.89 bits per heavy atom. The summed E-state index contributed by atoms with van der Waals surface area (Å²) in [6.07, 6.45) is -2.47. The molecule has 0 aliphatic carbocycles. The van der Waals surface area contributed by atoms with Crippen LogP contribution in [0, 0.1) is 0 Å². The minimum absolute atomic E-state index is 0.0236. The fraction of sp³-hybridized carbons (Fsp3) is 0.353. The van der Waals surface area contributed by atoms with Crippen LogP contribution in [-0.4, -0.2) is 40.3 Å². The minimum Gasteiger partial charge on any atom is -0.370 e. The lowest BCUT2D eigenvalue weighted by Crippen LogP contribution is -2.10. The van der Waals surface area contributed by atoms with Crippen molar-refractivity contribution in [2.45, 2.75) is 31.3 Å². The third-order valence-electron chi connectivity index (χ3n) is 3.99. The topological polar surface area (TPSA) is 89.2 Å². The first-order valence-corrected chi connectivity index (χ1v) is 10.2. The Kier molecular flexibility index (Phi) is 5.28. The molecule has 0 bridgehead atoms. The van der Waals surface area contributed by atoms with Crippen LogP contribution in [0.25, 0.3) is 17.0 Å². The van der Waals surface area contributed by atoms with Gasteiger partial charge in [0.05, 0.1) is 16.3 Å². The summed E-state index contributed by atoms with van der Waals surface area (Å²) in [7, 11) is -3.62. The molecule has 11 heteroatoms. The highest BCUT2D eigenvalue weighted by Crippen LogP contribution is 2.30. The second-order valence-electron chi connectivity index (χ2n) is 6.02. The Morgan fingerprint density at radius 1 is 1.14 bits per heavy atom. The molecule has 0 amide bonds. The zero-order valence-electron chi connectivity index (χ0n) is 15.2. The van der Waals surface area contributed by atoms with Gasteiger partial charge in [0.25, 0.3) is 0 Å². The molecule has 7 nitrogen and oxygen atoms in total. The van der Waals surface area contributed by atoms with E-state index < -0.39 is 21.7 Å². The third-order valence-corrected chi connectivity index (χ3v) is 5.75. The van der Waals surface area contributed by atoms with Crippen LogP contribution >= 0.6 is 0 Å². The predicted molar refractivity (Wildman–Crippen MR) is 97.7 cm³/mol. The summed E-state index contributed by atoms with van der Waals surface area (Å²) in [5.41, 5.74) is -0.906. The van der Waals surface area contributed by atoms with Crippen LogP contribution in [-0.2, 0) is 16.0 Å². The molecule has 0 radical (unpaired) electrons. The molecule has 0 atom stereocenters. The van der Waals surface area contributed by atoms with Gasteiger partial charge in [0.15, 0.2) is 21.2 Å². The standard InChI is InChI=1S/C17H18F3N5O2S/c1-3-8-21-14-6-5-12(28(26,27)4-2)16(23-14)11-7-9-25-15(22-11)10-13(24-25)17(18,19)20/h5-7,9-10H,3-4,8H2,1-2H3,(H,21,23). The van der Waals surface area contributed by atoms with Crippen LogP contribution in [0.15, 0.2) is 35.4 Å². The maximum atomic E-state index is 12.9. The quantitative estimate of drug-likeness (QED) is 0.666. The van der Waals surface area contributed by atoms with Crippen LogP contribution in [0.5, 0.6) is 0 Å². The highest BCUT2D eigenvalue weighted by atomic mass is 32.2. The molecule has 28 heavy (non-hydrogen) atoms. The Balaban J connectivity index is 2.17. The summed E-state index contributed by atoms with van der Waals surface area (Å²) in [4.78, 5) is 8.48. The van der Waals surface area contributed by atoms with Gasteiger partial charge in [0, 0.05) is 18.8 Å². The van der Waals surface area contributed by atoms with E-state index >= 15 is 0 Å². The van der Waals surface area contributed by atoms with E-state index in [4.69, 9.17) is 0 Å². The van der Waals surface area contributed by atoms with E-state index in [9.17, 15) is 21.6 Å². The van der Waals surface area contributed by atoms with Crippen molar-refractivity contribution in [2.24, 2.45) is 0 Å². The van der Waals surface area contributed by atoms with Crippen molar-refractivity contribution >= 4 is 21.3 Å². The maximum absolute atomic E-state index is 12.9. The van der Waals surface area contributed by atoms with Crippen LogP contribution in [0.4, 0.5) is 19.0 Å². The van der Waals surface area contributed by atoms with Crippen LogP contribution in [0.3, 0.4) is 0 Å². The number of hydrogen-bond acceptors (Lipinski definition) is 6. The summed E-state index contributed by atoms with van der Waals surface area (Å²) in [5.74, 6) is 0.314. The molecule has 3 aromatic rings. The van der Waals surface area contributed by atoms with Crippen molar-refractivity contribution in [1.29, 1.82) is 0 Å². The predicted octanol–water partition coefficient (Wildman–Crippen LogP) is 3.43. The van der Waals surface area contributed by atoms with Gasteiger partial charge >= 0.3 is 6.18 Å². The molecule has 0 saturated carbocycles. The number of anilines is 1. The molecule has 0 saturated heterocycles. The van der Waals surface area contributed by atoms with E-state index in [1.54, 1.807) is 6.07 Å². The molecular weight excluding hydrogens is 395 g/mol. The fourth-order valence-electron chi connectivity index (χ4n) is 2.54. The Bertz CT molecular complexity index is 1110. The van der Waals surface area contributed by atoms with Crippen molar-refractivity contribution in [3.63, 3.8) is 0 Å². The summed E-state index contributed by atoms with van der Waals surface area (Å²) >= 11 is 0. The summed E-state index contributed by atoms with van der Waals surface area (Å²) in [5, 5.41) is 6.50. The van der Waals surface area contributed by atoms with Crippen molar-refractivity contribution in [3.05, 3.63) is 36.2 Å². The molecule has 3 aromatic heterocycles. The zero-order valence-corrected chi connectivity index (χ0v) is 16.0. The second-order valence-corrected chi connectivity index (χ2v) is 8.26. The monoisotopic (exact) mass is 413 g/mol. The molecule has 0 unspecified atom stereocenters. The number of nitrogens with one attached hydrogen (secondary N) is 1. The molecule has 3 heterocycles. The molecule has 3 rings (SSSR count). The molecular formula is C17H18F3N5O2S. The van der Waals surface area contributed by atoms with E-state index in [2.05, 4.69) is 20.4 Å². The van der Waals surface area contributed by atoms with Crippen molar-refractivity contribution < 1.29 is 21.6 Å². The number of pyridine rings is 1. The first-order chi connectivity index (χ1) is 13.2. The van der Waals surface area contributed by atoms with Gasteiger partial charge in [-0.3, -0.25) is 0 Å². The van der Waals surface area contributed by atoms with E-state index in [0.717, 1.165) is 17.0 Å². The molecule has 0 fully saturated rings. The summed E-state index contributed by atoms with van der Waals surface area (Å²) in [6.45, 7) is 4.11. The number of sulfone groups is 1. The van der Waals surface area contributed by atoms with Gasteiger partial charge in [-0.05, 0) is 24.6 Å². The van der Waals surface area contributed by atoms with E-state index in [-0.39, 0.29) is 27.7 Å². The normalized spacial score (nSPS) is 12.5. The van der Waals surface area contributed by atoms with E-state index in [1.807, 2.05) is 6.92 Å². The molecule has 0 spiro atoms. The lowest BCUT2D eigenvalue weighted by molar-refractivity contribution is -0.141. The molecule has 0 aliphatic heterocycles. The van der Waals surface area contributed by atoms with Gasteiger partial charge in [-0.1, -0.05) is 13.8 Å². The number of aromatic nitrogens is 4. The minimum atomic E-state index is -4.60. The second kappa shape index (κ2) is 7.38. The Hall–Kier alpha value is -2.69. The lowest BCUT2D eigenvalue weighted by atomic mass is 10.2. The lowest BCUT2D eigenvalue weighted by Gasteiger charge is -2.11. The molecule has 0 aliphatic rings. The van der Waals surface area contributed by atoms with Crippen molar-refractivity contribution in [1.82, 2.24) is 19.6 Å². The van der Waals surface area contributed by atoms with Gasteiger partial charge in [-0.25, -0.2) is 22.9 Å². The zero-order chi connectivity index (χ0) is 20.5. The highest BCUT2D eigenvalue weighted by Gasteiger charge is 2.34. The van der Waals surface area contributed by atoms with Crippen LogP contribution in [0.2, 0.25) is 0 Å². The van der Waals surface area contributed by atoms with Crippen molar-refractivity contribution in [2.75, 3.05) is 17.6 Å². The number of halogens is 3. The van der Waals surface area contributed by atoms with Gasteiger partial charge in [0.2, 0.25) is 0 Å². The number of fused-ring (bicyclic) bond motifs is 1. The molecule has 150 valence electrons. The van der Waals surface area contributed by atoms with Gasteiger partial charge < -0.3 is 5.32 Å². The van der Waals surface area contributed by atoms with Crippen LogP contribution < -0.4 is 5.32 Å². The Morgan fingerprint density at radius 3 is 2.54 bits per heavy atom. The smallest absolute Gasteiger partial charge is 0.370 e. The fourth-order valence-corrected chi connectivity index (χ4v) is 3.57. The Labute approximate surface area is 159 Å². The SMILES string of the molecule is CCCNc1ccc(S(=O)(=O)CC)c(-c2ccn3nc(C(F)(F)F)cc3n2)n1. The summed E-state index contributed by atoms with van der Waals surface area (Å²) in [6, 6.07) is 5.18. The molecule has 0 aromatic carbocycles. The number of rotatable bonds is 6. The van der Waals surface area contributed by atoms with Gasteiger partial charge in [0.1, 0.15) is 11.5 Å². The van der Waals surface area contributed by atoms with Crippen LogP contribution in [0.1, 0.15) is 26.0 Å².